The van der Waals surface area contributed by atoms with Crippen molar-refractivity contribution >= 4 is 33.6 Å². The molecule has 2 aromatic rings. The lowest BCUT2D eigenvalue weighted by molar-refractivity contribution is -0.115. The van der Waals surface area contributed by atoms with Crippen LogP contribution in [0.2, 0.25) is 0 Å². The van der Waals surface area contributed by atoms with Gasteiger partial charge in [0.05, 0.1) is 7.11 Å². The lowest BCUT2D eigenvalue weighted by Gasteiger charge is -2.10. The average molecular weight is 374 g/mol. The van der Waals surface area contributed by atoms with Gasteiger partial charge in [-0.1, -0.05) is 54.0 Å². The summed E-state index contributed by atoms with van der Waals surface area (Å²) in [6.45, 7) is 4.27. The van der Waals surface area contributed by atoms with E-state index in [1.165, 1.54) is 12.7 Å². The second-order valence-electron chi connectivity index (χ2n) is 5.50. The number of amides is 1. The van der Waals surface area contributed by atoms with Gasteiger partial charge in [0.25, 0.3) is 5.91 Å². The summed E-state index contributed by atoms with van der Waals surface area (Å²) in [5, 5.41) is 2.85. The Morgan fingerprint density at radius 2 is 1.70 bits per heavy atom. The molecule has 2 rings (SSSR count). The van der Waals surface area contributed by atoms with Crippen molar-refractivity contribution in [3.05, 3.63) is 69.9 Å². The Bertz CT molecular complexity index is 688. The van der Waals surface area contributed by atoms with Crippen LogP contribution in [-0.2, 0) is 9.53 Å². The molecule has 0 unspecified atom stereocenters. The average Bonchev–Trinajstić information content (AvgIpc) is 2.54. The van der Waals surface area contributed by atoms with Gasteiger partial charge in [0.1, 0.15) is 0 Å². The maximum atomic E-state index is 12.3. The molecule has 2 aromatic carbocycles. The minimum atomic E-state index is -0.271. The van der Waals surface area contributed by atoms with Gasteiger partial charge in [0.2, 0.25) is 0 Å². The highest BCUT2D eigenvalue weighted by Crippen LogP contribution is 2.18. The van der Waals surface area contributed by atoms with E-state index in [-0.39, 0.29) is 11.7 Å². The lowest BCUT2D eigenvalue weighted by atomic mass is 10.0. The van der Waals surface area contributed by atoms with Gasteiger partial charge >= 0.3 is 0 Å². The first-order chi connectivity index (χ1) is 11.0. The maximum Gasteiger partial charge on any atom is 0.290 e. The molecule has 120 valence electrons. The zero-order valence-corrected chi connectivity index (χ0v) is 15.1. The number of hydrogen-bond donors (Lipinski definition) is 1. The van der Waals surface area contributed by atoms with Crippen LogP contribution in [0.5, 0.6) is 0 Å². The zero-order valence-electron chi connectivity index (χ0n) is 13.5. The highest BCUT2D eigenvalue weighted by molar-refractivity contribution is 9.10. The fourth-order valence-corrected chi connectivity index (χ4v) is 2.34. The Balaban J connectivity index is 2.12. The Morgan fingerprint density at radius 3 is 2.22 bits per heavy atom. The molecule has 0 atom stereocenters. The number of ether oxygens (including phenoxy) is 1. The normalized spacial score (nSPS) is 11.4. The SMILES string of the molecule is CO/C(=C\c1ccc(Br)cc1)C(=O)Nc1ccc(C(C)C)cc1. The van der Waals surface area contributed by atoms with Crippen molar-refractivity contribution in [2.24, 2.45) is 0 Å². The van der Waals surface area contributed by atoms with Crippen molar-refractivity contribution in [2.45, 2.75) is 19.8 Å². The van der Waals surface area contributed by atoms with Gasteiger partial charge in [-0.25, -0.2) is 0 Å². The van der Waals surface area contributed by atoms with Gasteiger partial charge in [0.15, 0.2) is 5.76 Å². The molecule has 0 saturated heterocycles. The number of nitrogens with one attached hydrogen (secondary N) is 1. The van der Waals surface area contributed by atoms with Crippen molar-refractivity contribution in [1.82, 2.24) is 0 Å². The molecule has 23 heavy (non-hydrogen) atoms. The number of carbonyl (C=O) groups is 1. The van der Waals surface area contributed by atoms with Crippen molar-refractivity contribution in [1.29, 1.82) is 0 Å². The second kappa shape index (κ2) is 7.97. The van der Waals surface area contributed by atoms with Crippen LogP contribution in [0.25, 0.3) is 6.08 Å². The molecule has 0 aliphatic carbocycles. The molecule has 0 fully saturated rings. The van der Waals surface area contributed by atoms with Crippen LogP contribution in [0.15, 0.2) is 58.8 Å². The summed E-state index contributed by atoms with van der Waals surface area (Å²) in [6.07, 6.45) is 1.71. The minimum absolute atomic E-state index is 0.264. The summed E-state index contributed by atoms with van der Waals surface area (Å²) >= 11 is 3.39. The van der Waals surface area contributed by atoms with E-state index in [9.17, 15) is 4.79 Å². The minimum Gasteiger partial charge on any atom is -0.491 e. The summed E-state index contributed by atoms with van der Waals surface area (Å²) < 4.78 is 6.21. The first-order valence-corrected chi connectivity index (χ1v) is 8.21. The van der Waals surface area contributed by atoms with Crippen molar-refractivity contribution in [3.8, 4) is 0 Å². The summed E-state index contributed by atoms with van der Waals surface area (Å²) in [5.74, 6) is 0.458. The lowest BCUT2D eigenvalue weighted by Crippen LogP contribution is -2.15. The van der Waals surface area contributed by atoms with E-state index in [0.29, 0.717) is 5.92 Å². The van der Waals surface area contributed by atoms with E-state index in [4.69, 9.17) is 4.74 Å². The van der Waals surface area contributed by atoms with E-state index < -0.39 is 0 Å². The Kier molecular flexibility index (Phi) is 5.99. The van der Waals surface area contributed by atoms with Gasteiger partial charge in [0, 0.05) is 10.2 Å². The number of halogens is 1. The zero-order chi connectivity index (χ0) is 16.8. The van der Waals surface area contributed by atoms with Gasteiger partial charge in [-0.15, -0.1) is 0 Å². The number of benzene rings is 2. The van der Waals surface area contributed by atoms with Gasteiger partial charge in [-0.05, 0) is 47.4 Å². The van der Waals surface area contributed by atoms with Gasteiger partial charge < -0.3 is 10.1 Å². The molecule has 3 nitrogen and oxygen atoms in total. The van der Waals surface area contributed by atoms with E-state index in [1.54, 1.807) is 6.08 Å². The third kappa shape index (κ3) is 4.96. The van der Waals surface area contributed by atoms with Gasteiger partial charge in [-0.3, -0.25) is 4.79 Å². The Hall–Kier alpha value is -2.07. The molecular formula is C19H20BrNO2. The van der Waals surface area contributed by atoms with E-state index >= 15 is 0 Å². The topological polar surface area (TPSA) is 38.3 Å². The predicted molar refractivity (Wildman–Crippen MR) is 98.3 cm³/mol. The molecule has 0 spiro atoms. The van der Waals surface area contributed by atoms with Crippen LogP contribution in [-0.4, -0.2) is 13.0 Å². The Labute approximate surface area is 145 Å². The summed E-state index contributed by atoms with van der Waals surface area (Å²) in [4.78, 5) is 12.3. The predicted octanol–water partition coefficient (Wildman–Crippen LogP) is 5.20. The monoisotopic (exact) mass is 373 g/mol. The smallest absolute Gasteiger partial charge is 0.290 e. The third-order valence-corrected chi connectivity index (χ3v) is 3.98. The Morgan fingerprint density at radius 1 is 1.09 bits per heavy atom. The van der Waals surface area contributed by atoms with Crippen LogP contribution < -0.4 is 5.32 Å². The summed E-state index contributed by atoms with van der Waals surface area (Å²) in [7, 11) is 1.49. The van der Waals surface area contributed by atoms with Crippen LogP contribution in [0.4, 0.5) is 5.69 Å². The molecule has 0 aromatic heterocycles. The number of methoxy groups -OCH3 is 1. The van der Waals surface area contributed by atoms with Crippen LogP contribution in [0.1, 0.15) is 30.9 Å². The molecule has 0 saturated carbocycles. The van der Waals surface area contributed by atoms with Crippen molar-refractivity contribution in [2.75, 3.05) is 12.4 Å². The van der Waals surface area contributed by atoms with Crippen LogP contribution in [0, 0.1) is 0 Å². The van der Waals surface area contributed by atoms with E-state index in [2.05, 4.69) is 35.1 Å². The molecule has 0 bridgehead atoms. The molecule has 0 aliphatic heterocycles. The van der Waals surface area contributed by atoms with E-state index in [1.807, 2.05) is 48.5 Å². The summed E-state index contributed by atoms with van der Waals surface area (Å²) in [6, 6.07) is 15.5. The molecular weight excluding hydrogens is 354 g/mol. The third-order valence-electron chi connectivity index (χ3n) is 3.45. The molecule has 1 amide bonds. The number of anilines is 1. The fourth-order valence-electron chi connectivity index (χ4n) is 2.07. The van der Waals surface area contributed by atoms with Crippen molar-refractivity contribution < 1.29 is 9.53 Å². The van der Waals surface area contributed by atoms with Gasteiger partial charge in [-0.2, -0.15) is 0 Å². The number of rotatable bonds is 5. The maximum absolute atomic E-state index is 12.3. The summed E-state index contributed by atoms with van der Waals surface area (Å²) in [5.41, 5.74) is 2.88. The fraction of sp³-hybridized carbons (Fsp3) is 0.211. The molecule has 0 aliphatic rings. The highest BCUT2D eigenvalue weighted by atomic mass is 79.9. The molecule has 0 heterocycles. The standard InChI is InChI=1S/C19H20BrNO2/c1-13(2)15-6-10-17(11-7-15)21-19(22)18(23-3)12-14-4-8-16(20)9-5-14/h4-13H,1-3H3,(H,21,22)/b18-12-. The quantitative estimate of drug-likeness (QED) is 0.577. The molecule has 0 radical (unpaired) electrons. The highest BCUT2D eigenvalue weighted by Gasteiger charge is 2.10. The number of hydrogen-bond acceptors (Lipinski definition) is 2. The number of carbonyl (C=O) groups excluding carboxylic acids is 1. The molecule has 4 heteroatoms. The van der Waals surface area contributed by atoms with Crippen LogP contribution in [0.3, 0.4) is 0 Å². The molecule has 1 N–H and O–H groups in total. The first kappa shape index (κ1) is 17.3. The van der Waals surface area contributed by atoms with Crippen molar-refractivity contribution in [3.63, 3.8) is 0 Å². The first-order valence-electron chi connectivity index (χ1n) is 7.42. The second-order valence-corrected chi connectivity index (χ2v) is 6.41. The van der Waals surface area contributed by atoms with E-state index in [0.717, 1.165) is 15.7 Å². The largest absolute Gasteiger partial charge is 0.491 e. The van der Waals surface area contributed by atoms with Crippen LogP contribution >= 0.6 is 15.9 Å².